The highest BCUT2D eigenvalue weighted by molar-refractivity contribution is 7.21. The quantitative estimate of drug-likeness (QED) is 0.442. The van der Waals surface area contributed by atoms with Gasteiger partial charge in [0.2, 0.25) is 0 Å². The number of hydrogen-bond acceptors (Lipinski definition) is 5. The molecular formula is C23H25N3O3S. The van der Waals surface area contributed by atoms with Crippen LogP contribution in [0.3, 0.4) is 0 Å². The highest BCUT2D eigenvalue weighted by Crippen LogP contribution is 2.41. The van der Waals surface area contributed by atoms with Crippen LogP contribution in [0.2, 0.25) is 0 Å². The molecule has 30 heavy (non-hydrogen) atoms. The van der Waals surface area contributed by atoms with Crippen LogP contribution in [0, 0.1) is 6.92 Å². The van der Waals surface area contributed by atoms with Crippen LogP contribution in [-0.4, -0.2) is 47.0 Å². The first-order valence-corrected chi connectivity index (χ1v) is 10.9. The third-order valence-electron chi connectivity index (χ3n) is 5.50. The number of piperidine rings is 1. The van der Waals surface area contributed by atoms with E-state index in [0.29, 0.717) is 10.5 Å². The number of aromatic nitrogens is 1. The summed E-state index contributed by atoms with van der Waals surface area (Å²) < 4.78 is 5.23. The predicted octanol–water partition coefficient (Wildman–Crippen LogP) is 5.51. The van der Waals surface area contributed by atoms with Crippen molar-refractivity contribution in [1.82, 2.24) is 9.88 Å². The van der Waals surface area contributed by atoms with Gasteiger partial charge in [-0.3, -0.25) is 0 Å². The molecule has 3 heterocycles. The van der Waals surface area contributed by atoms with Gasteiger partial charge in [-0.2, -0.15) is 0 Å². The van der Waals surface area contributed by atoms with Gasteiger partial charge in [0.25, 0.3) is 0 Å². The van der Waals surface area contributed by atoms with Crippen LogP contribution in [0.15, 0.2) is 35.3 Å². The number of rotatable bonds is 4. The standard InChI is InChI=1S/C23H25N3O3S/c1-14-13-18(16-7-9-17(29-3)10-8-16)25-22-19(14)20(21(30-22)23(27)28)24-15(2)26-11-5-4-6-12-26/h7-10,13H,4-6,11-12H2,1-3H3,(H,27,28). The van der Waals surface area contributed by atoms with Crippen LogP contribution < -0.4 is 4.74 Å². The van der Waals surface area contributed by atoms with Gasteiger partial charge in [-0.1, -0.05) is 0 Å². The molecule has 3 aromatic rings. The molecule has 156 valence electrons. The Labute approximate surface area is 179 Å². The van der Waals surface area contributed by atoms with E-state index in [-0.39, 0.29) is 4.88 Å². The first-order chi connectivity index (χ1) is 14.5. The molecule has 1 aromatic carbocycles. The number of hydrogen-bond donors (Lipinski definition) is 1. The molecule has 0 atom stereocenters. The Morgan fingerprint density at radius 1 is 1.20 bits per heavy atom. The Bertz CT molecular complexity index is 1110. The van der Waals surface area contributed by atoms with E-state index in [9.17, 15) is 9.90 Å². The van der Waals surface area contributed by atoms with Crippen molar-refractivity contribution in [2.75, 3.05) is 20.2 Å². The molecule has 1 aliphatic rings. The first-order valence-electron chi connectivity index (χ1n) is 10.1. The van der Waals surface area contributed by atoms with Crippen LogP contribution >= 0.6 is 11.3 Å². The van der Waals surface area contributed by atoms with Gasteiger partial charge in [0, 0.05) is 24.0 Å². The lowest BCUT2D eigenvalue weighted by atomic mass is 10.1. The van der Waals surface area contributed by atoms with Gasteiger partial charge in [-0.05, 0) is 69.0 Å². The maximum Gasteiger partial charge on any atom is 0.348 e. The number of aliphatic imine (C=N–C) groups is 1. The van der Waals surface area contributed by atoms with Crippen molar-refractivity contribution >= 4 is 39.0 Å². The number of carboxylic acid groups (broad SMARTS) is 1. The molecule has 0 bridgehead atoms. The fraction of sp³-hybridized carbons (Fsp3) is 0.348. The molecule has 1 saturated heterocycles. The SMILES string of the molecule is COc1ccc(-c2cc(C)c3c(N=C(C)N4CCCCC4)c(C(=O)O)sc3n2)cc1. The lowest BCUT2D eigenvalue weighted by molar-refractivity contribution is 0.0703. The minimum atomic E-state index is -0.964. The number of amidine groups is 1. The highest BCUT2D eigenvalue weighted by Gasteiger charge is 2.22. The van der Waals surface area contributed by atoms with E-state index >= 15 is 0 Å². The summed E-state index contributed by atoms with van der Waals surface area (Å²) >= 11 is 1.19. The van der Waals surface area contributed by atoms with E-state index in [1.54, 1.807) is 7.11 Å². The van der Waals surface area contributed by atoms with Crippen LogP contribution in [0.1, 0.15) is 41.4 Å². The van der Waals surface area contributed by atoms with E-state index in [1.807, 2.05) is 44.2 Å². The summed E-state index contributed by atoms with van der Waals surface area (Å²) in [7, 11) is 1.64. The molecule has 0 spiro atoms. The molecule has 0 radical (unpaired) electrons. The Morgan fingerprint density at radius 2 is 1.90 bits per heavy atom. The second-order valence-electron chi connectivity index (χ2n) is 7.52. The fourth-order valence-electron chi connectivity index (χ4n) is 3.88. The van der Waals surface area contributed by atoms with Crippen molar-refractivity contribution in [3.05, 3.63) is 40.8 Å². The number of carbonyl (C=O) groups is 1. The molecule has 4 rings (SSSR count). The Hall–Kier alpha value is -2.93. The van der Waals surface area contributed by atoms with E-state index in [2.05, 4.69) is 4.90 Å². The van der Waals surface area contributed by atoms with Gasteiger partial charge in [-0.15, -0.1) is 11.3 Å². The number of methoxy groups -OCH3 is 1. The van der Waals surface area contributed by atoms with Crippen molar-refractivity contribution in [1.29, 1.82) is 0 Å². The molecule has 0 saturated carbocycles. The molecule has 1 fully saturated rings. The third kappa shape index (κ3) is 3.89. The van der Waals surface area contributed by atoms with Crippen molar-refractivity contribution in [2.45, 2.75) is 33.1 Å². The zero-order valence-electron chi connectivity index (χ0n) is 17.4. The molecule has 1 N–H and O–H groups in total. The minimum absolute atomic E-state index is 0.240. The lowest BCUT2D eigenvalue weighted by Crippen LogP contribution is -2.33. The first kappa shape index (κ1) is 20.3. The molecule has 0 aliphatic carbocycles. The monoisotopic (exact) mass is 423 g/mol. The molecule has 1 aliphatic heterocycles. The van der Waals surface area contributed by atoms with Crippen LogP contribution in [0.25, 0.3) is 21.5 Å². The third-order valence-corrected chi connectivity index (χ3v) is 6.56. The Kier molecular flexibility index (Phi) is 5.72. The summed E-state index contributed by atoms with van der Waals surface area (Å²) in [6.45, 7) is 5.90. The van der Waals surface area contributed by atoms with Gasteiger partial charge in [-0.25, -0.2) is 14.8 Å². The number of aryl methyl sites for hydroxylation is 1. The summed E-state index contributed by atoms with van der Waals surface area (Å²) in [6.07, 6.45) is 3.53. The number of nitrogens with zero attached hydrogens (tertiary/aromatic N) is 3. The van der Waals surface area contributed by atoms with Crippen molar-refractivity contribution in [2.24, 2.45) is 4.99 Å². The van der Waals surface area contributed by atoms with Crippen molar-refractivity contribution in [3.8, 4) is 17.0 Å². The number of benzene rings is 1. The maximum atomic E-state index is 12.0. The molecule has 0 unspecified atom stereocenters. The predicted molar refractivity (Wildman–Crippen MR) is 121 cm³/mol. The molecular weight excluding hydrogens is 398 g/mol. The van der Waals surface area contributed by atoms with Crippen LogP contribution in [-0.2, 0) is 0 Å². The number of ether oxygens (including phenoxy) is 1. The fourth-order valence-corrected chi connectivity index (χ4v) is 4.90. The van der Waals surface area contributed by atoms with Gasteiger partial charge in [0.15, 0.2) is 0 Å². The lowest BCUT2D eigenvalue weighted by Gasteiger charge is -2.28. The van der Waals surface area contributed by atoms with Crippen LogP contribution in [0.5, 0.6) is 5.75 Å². The largest absolute Gasteiger partial charge is 0.497 e. The highest BCUT2D eigenvalue weighted by atomic mass is 32.1. The van der Waals surface area contributed by atoms with E-state index in [0.717, 1.165) is 59.7 Å². The number of fused-ring (bicyclic) bond motifs is 1. The summed E-state index contributed by atoms with van der Waals surface area (Å²) in [4.78, 5) is 24.7. The number of carboxylic acids is 1. The Balaban J connectivity index is 1.81. The maximum absolute atomic E-state index is 12.0. The van der Waals surface area contributed by atoms with E-state index in [4.69, 9.17) is 14.7 Å². The molecule has 0 amide bonds. The summed E-state index contributed by atoms with van der Waals surface area (Å²) in [5, 5.41) is 10.6. The summed E-state index contributed by atoms with van der Waals surface area (Å²) in [5.74, 6) is 0.690. The number of pyridine rings is 1. The average molecular weight is 424 g/mol. The topological polar surface area (TPSA) is 75.0 Å². The van der Waals surface area contributed by atoms with Gasteiger partial charge < -0.3 is 14.7 Å². The van der Waals surface area contributed by atoms with Crippen molar-refractivity contribution < 1.29 is 14.6 Å². The Morgan fingerprint density at radius 3 is 2.53 bits per heavy atom. The second kappa shape index (κ2) is 8.44. The van der Waals surface area contributed by atoms with E-state index < -0.39 is 5.97 Å². The van der Waals surface area contributed by atoms with Gasteiger partial charge in [0.1, 0.15) is 27.0 Å². The zero-order valence-corrected chi connectivity index (χ0v) is 18.3. The van der Waals surface area contributed by atoms with E-state index in [1.165, 1.54) is 17.8 Å². The summed E-state index contributed by atoms with van der Waals surface area (Å²) in [6, 6.07) is 9.70. The normalized spacial score (nSPS) is 14.9. The van der Waals surface area contributed by atoms with Gasteiger partial charge >= 0.3 is 5.97 Å². The van der Waals surface area contributed by atoms with Crippen LogP contribution in [0.4, 0.5) is 5.69 Å². The molecule has 2 aromatic heterocycles. The van der Waals surface area contributed by atoms with Crippen molar-refractivity contribution in [3.63, 3.8) is 0 Å². The smallest absolute Gasteiger partial charge is 0.348 e. The minimum Gasteiger partial charge on any atom is -0.497 e. The number of thiophene rings is 1. The van der Waals surface area contributed by atoms with Gasteiger partial charge in [0.05, 0.1) is 12.8 Å². The number of likely N-dealkylation sites (tertiary alicyclic amines) is 1. The average Bonchev–Trinajstić information content (AvgIpc) is 3.13. The molecule has 7 heteroatoms. The summed E-state index contributed by atoms with van der Waals surface area (Å²) in [5.41, 5.74) is 3.27. The number of aromatic carboxylic acids is 1. The zero-order chi connectivity index (χ0) is 21.3. The molecule has 6 nitrogen and oxygen atoms in total. The second-order valence-corrected chi connectivity index (χ2v) is 8.52.